The molecule has 4 unspecified atom stereocenters. The third-order valence-corrected chi connectivity index (χ3v) is 5.96. The fraction of sp³-hybridized carbons (Fsp3) is 0.435. The largest absolute Gasteiger partial charge is 0.508 e. The Hall–Kier alpha value is -3.58. The van der Waals surface area contributed by atoms with Gasteiger partial charge in [-0.1, -0.05) is 12.1 Å². The van der Waals surface area contributed by atoms with Gasteiger partial charge in [0.15, 0.2) is 0 Å². The highest BCUT2D eigenvalue weighted by Crippen LogP contribution is 2.12. The second-order valence-corrected chi connectivity index (χ2v) is 9.22. The van der Waals surface area contributed by atoms with Gasteiger partial charge in [0.1, 0.15) is 23.9 Å². The maximum Gasteiger partial charge on any atom is 0.326 e. The van der Waals surface area contributed by atoms with Gasteiger partial charge in [-0.3, -0.25) is 14.4 Å². The minimum atomic E-state index is -1.24. The molecule has 2 aromatic rings. The first kappa shape index (κ1) is 28.7. The van der Waals surface area contributed by atoms with E-state index in [4.69, 9.17) is 5.73 Å². The van der Waals surface area contributed by atoms with Crippen molar-refractivity contribution in [2.45, 2.75) is 50.4 Å². The van der Waals surface area contributed by atoms with Gasteiger partial charge in [0.25, 0.3) is 0 Å². The molecular weight excluding hydrogens is 488 g/mol. The van der Waals surface area contributed by atoms with Crippen LogP contribution in [0.5, 0.6) is 5.75 Å². The number of rotatable bonds is 14. The second kappa shape index (κ2) is 14.1. The van der Waals surface area contributed by atoms with Crippen molar-refractivity contribution in [1.29, 1.82) is 0 Å². The Morgan fingerprint density at radius 2 is 1.69 bits per heavy atom. The standard InChI is InChI=1S/C23H32N6O6S/c1-13(27-21(32)17(24)10-15-11-25-12-26-15)20(31)28-18(7-8-36-2)22(33)29-19(23(34)35)9-14-3-5-16(30)6-4-14/h3-6,11-13,17-19,30H,7-10,24H2,1-2H3,(H,25,26)(H,27,32)(H,28,31)(H,29,33)(H,34,35). The molecule has 3 amide bonds. The molecule has 0 aliphatic carbocycles. The number of imidazole rings is 1. The minimum Gasteiger partial charge on any atom is -0.508 e. The Kier molecular flexibility index (Phi) is 11.2. The van der Waals surface area contributed by atoms with Crippen LogP contribution in [0, 0.1) is 0 Å². The fourth-order valence-corrected chi connectivity index (χ4v) is 3.72. The van der Waals surface area contributed by atoms with Gasteiger partial charge in [0.05, 0.1) is 12.4 Å². The summed E-state index contributed by atoms with van der Waals surface area (Å²) in [5.41, 5.74) is 7.17. The number of phenols is 1. The topological polar surface area (TPSA) is 200 Å². The van der Waals surface area contributed by atoms with E-state index < -0.39 is 47.9 Å². The second-order valence-electron chi connectivity index (χ2n) is 8.23. The molecule has 0 spiro atoms. The quantitative estimate of drug-likeness (QED) is 0.172. The van der Waals surface area contributed by atoms with E-state index in [-0.39, 0.29) is 25.0 Å². The van der Waals surface area contributed by atoms with E-state index in [1.165, 1.54) is 37.1 Å². The number of aromatic hydroxyl groups is 1. The zero-order valence-corrected chi connectivity index (χ0v) is 20.9. The van der Waals surface area contributed by atoms with Crippen molar-refractivity contribution in [2.75, 3.05) is 12.0 Å². The number of H-pyrrole nitrogens is 1. The molecular formula is C23H32N6O6S. The van der Waals surface area contributed by atoms with Gasteiger partial charge >= 0.3 is 5.97 Å². The van der Waals surface area contributed by atoms with E-state index in [2.05, 4.69) is 25.9 Å². The number of carboxylic acid groups (broad SMARTS) is 1. The molecule has 1 aromatic carbocycles. The van der Waals surface area contributed by atoms with Crippen LogP contribution in [0.1, 0.15) is 24.6 Å². The lowest BCUT2D eigenvalue weighted by molar-refractivity contribution is -0.142. The lowest BCUT2D eigenvalue weighted by atomic mass is 10.0. The molecule has 8 N–H and O–H groups in total. The number of hydrogen-bond acceptors (Lipinski definition) is 8. The number of carbonyl (C=O) groups excluding carboxylic acids is 3. The summed E-state index contributed by atoms with van der Waals surface area (Å²) in [4.78, 5) is 56.5. The van der Waals surface area contributed by atoms with Crippen molar-refractivity contribution in [3.63, 3.8) is 0 Å². The van der Waals surface area contributed by atoms with Crippen LogP contribution in [0.3, 0.4) is 0 Å². The fourth-order valence-electron chi connectivity index (χ4n) is 3.25. The van der Waals surface area contributed by atoms with Crippen molar-refractivity contribution in [3.05, 3.63) is 48.0 Å². The molecule has 0 bridgehead atoms. The number of thioether (sulfide) groups is 1. The van der Waals surface area contributed by atoms with Crippen LogP contribution in [0.25, 0.3) is 0 Å². The summed E-state index contributed by atoms with van der Waals surface area (Å²) in [6.07, 6.45) is 5.30. The Morgan fingerprint density at radius 1 is 1.03 bits per heavy atom. The predicted molar refractivity (Wildman–Crippen MR) is 134 cm³/mol. The minimum absolute atomic E-state index is 0.00870. The van der Waals surface area contributed by atoms with Crippen LogP contribution in [0.15, 0.2) is 36.8 Å². The van der Waals surface area contributed by atoms with Crippen molar-refractivity contribution in [3.8, 4) is 5.75 Å². The summed E-state index contributed by atoms with van der Waals surface area (Å²) in [6, 6.07) is 1.83. The summed E-state index contributed by atoms with van der Waals surface area (Å²) in [5.74, 6) is -2.47. The number of benzene rings is 1. The molecule has 196 valence electrons. The molecule has 0 aliphatic rings. The summed E-state index contributed by atoms with van der Waals surface area (Å²) in [7, 11) is 0. The van der Waals surface area contributed by atoms with E-state index in [0.717, 1.165) is 0 Å². The predicted octanol–water partition coefficient (Wildman–Crippen LogP) is -0.460. The van der Waals surface area contributed by atoms with E-state index in [0.29, 0.717) is 17.0 Å². The monoisotopic (exact) mass is 520 g/mol. The number of nitrogens with zero attached hydrogens (tertiary/aromatic N) is 1. The van der Waals surface area contributed by atoms with E-state index in [1.54, 1.807) is 18.3 Å². The molecule has 12 nitrogen and oxygen atoms in total. The number of aromatic nitrogens is 2. The lowest BCUT2D eigenvalue weighted by Gasteiger charge is -2.23. The molecule has 0 radical (unpaired) electrons. The smallest absolute Gasteiger partial charge is 0.326 e. The van der Waals surface area contributed by atoms with Gasteiger partial charge in [-0.2, -0.15) is 11.8 Å². The van der Waals surface area contributed by atoms with Gasteiger partial charge in [-0.05, 0) is 43.0 Å². The first-order valence-electron chi connectivity index (χ1n) is 11.2. The number of hydrogen-bond donors (Lipinski definition) is 7. The number of amides is 3. The average molecular weight is 521 g/mol. The summed E-state index contributed by atoms with van der Waals surface area (Å²) in [5, 5.41) is 26.6. The number of nitrogens with one attached hydrogen (secondary N) is 4. The van der Waals surface area contributed by atoms with Crippen LogP contribution < -0.4 is 21.7 Å². The number of aromatic amines is 1. The molecule has 0 aliphatic heterocycles. The number of nitrogens with two attached hydrogens (primary N) is 1. The van der Waals surface area contributed by atoms with Crippen LogP contribution in [0.4, 0.5) is 0 Å². The maximum atomic E-state index is 12.9. The van der Waals surface area contributed by atoms with E-state index in [9.17, 15) is 29.4 Å². The normalized spacial score (nSPS) is 14.2. The molecule has 13 heteroatoms. The third kappa shape index (κ3) is 9.23. The Labute approximate surface area is 212 Å². The van der Waals surface area contributed by atoms with E-state index >= 15 is 0 Å². The van der Waals surface area contributed by atoms with Crippen molar-refractivity contribution in [1.82, 2.24) is 25.9 Å². The Balaban J connectivity index is 1.98. The molecule has 4 atom stereocenters. The van der Waals surface area contributed by atoms with Gasteiger partial charge in [-0.25, -0.2) is 9.78 Å². The van der Waals surface area contributed by atoms with Gasteiger partial charge in [-0.15, -0.1) is 0 Å². The van der Waals surface area contributed by atoms with Crippen LogP contribution >= 0.6 is 11.8 Å². The zero-order chi connectivity index (χ0) is 26.7. The first-order chi connectivity index (χ1) is 17.1. The highest BCUT2D eigenvalue weighted by atomic mass is 32.2. The lowest BCUT2D eigenvalue weighted by Crippen LogP contribution is -2.56. The van der Waals surface area contributed by atoms with Crippen LogP contribution in [0.2, 0.25) is 0 Å². The first-order valence-corrected chi connectivity index (χ1v) is 12.6. The van der Waals surface area contributed by atoms with Crippen molar-refractivity contribution >= 4 is 35.5 Å². The molecule has 36 heavy (non-hydrogen) atoms. The molecule has 0 saturated heterocycles. The van der Waals surface area contributed by atoms with Crippen molar-refractivity contribution in [2.24, 2.45) is 5.73 Å². The summed E-state index contributed by atoms with van der Waals surface area (Å²) in [6.45, 7) is 1.46. The number of carboxylic acids is 1. The van der Waals surface area contributed by atoms with E-state index in [1.807, 2.05) is 6.26 Å². The number of aliphatic carboxylic acids is 1. The van der Waals surface area contributed by atoms with Gasteiger partial charge in [0.2, 0.25) is 17.7 Å². The molecule has 0 saturated carbocycles. The summed E-state index contributed by atoms with van der Waals surface area (Å²) >= 11 is 1.46. The zero-order valence-electron chi connectivity index (χ0n) is 20.1. The number of carbonyl (C=O) groups is 4. The SMILES string of the molecule is CSCCC(NC(=O)C(C)NC(=O)C(N)Cc1cnc[nH]1)C(=O)NC(Cc1ccc(O)cc1)C(=O)O. The molecule has 0 fully saturated rings. The van der Waals surface area contributed by atoms with Gasteiger partial charge in [0, 0.05) is 24.7 Å². The third-order valence-electron chi connectivity index (χ3n) is 5.32. The van der Waals surface area contributed by atoms with Gasteiger partial charge < -0.3 is 36.9 Å². The molecule has 1 aromatic heterocycles. The Morgan fingerprint density at radius 3 is 2.28 bits per heavy atom. The summed E-state index contributed by atoms with van der Waals surface area (Å²) < 4.78 is 0. The van der Waals surface area contributed by atoms with Crippen LogP contribution in [-0.2, 0) is 32.0 Å². The highest BCUT2D eigenvalue weighted by molar-refractivity contribution is 7.98. The van der Waals surface area contributed by atoms with Crippen LogP contribution in [-0.4, -0.2) is 80.0 Å². The Bertz CT molecular complexity index is 1020. The van der Waals surface area contributed by atoms with Crippen molar-refractivity contribution < 1.29 is 29.4 Å². The maximum absolute atomic E-state index is 12.9. The average Bonchev–Trinajstić information content (AvgIpc) is 3.35. The highest BCUT2D eigenvalue weighted by Gasteiger charge is 2.29. The molecule has 2 rings (SSSR count). The number of phenolic OH excluding ortho intramolecular Hbond substituents is 1. The molecule has 1 heterocycles.